The predicted octanol–water partition coefficient (Wildman–Crippen LogP) is 3.90. The number of hydrogen-bond acceptors (Lipinski definition) is 3. The first kappa shape index (κ1) is 15.7. The fraction of sp³-hybridized carbons (Fsp3) is 0.300. The molecule has 2 heterocycles. The lowest BCUT2D eigenvalue weighted by Gasteiger charge is -2.29. The topological polar surface area (TPSA) is 73.6 Å². The molecule has 3 aromatic rings. The third-order valence-corrected chi connectivity index (χ3v) is 5.09. The Morgan fingerprint density at radius 3 is 2.52 bits per heavy atom. The Morgan fingerprint density at radius 2 is 1.80 bits per heavy atom. The molecular formula is C20H22N4O. The fourth-order valence-corrected chi connectivity index (χ4v) is 3.68. The second kappa shape index (κ2) is 6.97. The van der Waals surface area contributed by atoms with E-state index in [0.29, 0.717) is 17.6 Å². The van der Waals surface area contributed by atoms with E-state index in [1.54, 1.807) is 12.4 Å². The predicted molar refractivity (Wildman–Crippen MR) is 99.7 cm³/mol. The van der Waals surface area contributed by atoms with Gasteiger partial charge in [-0.3, -0.25) is 9.89 Å². The maximum atomic E-state index is 12.2. The van der Waals surface area contributed by atoms with Gasteiger partial charge in [0.2, 0.25) is 0 Å². The summed E-state index contributed by atoms with van der Waals surface area (Å²) in [5.74, 6) is 0.634. The van der Waals surface area contributed by atoms with Crippen LogP contribution >= 0.6 is 0 Å². The number of pyridine rings is 1. The first-order valence-corrected chi connectivity index (χ1v) is 8.83. The molecule has 4 rings (SSSR count). The van der Waals surface area contributed by atoms with Gasteiger partial charge in [0.1, 0.15) is 5.69 Å². The van der Waals surface area contributed by atoms with Crippen molar-refractivity contribution in [3.63, 3.8) is 0 Å². The molecule has 1 saturated carbocycles. The standard InChI is InChI=1S/C20H22N4O/c25-20-19(10-16(11-21-20)17-12-22-23-13-17)24-18-8-6-15(7-9-18)14-4-2-1-3-5-14/h1-5,10-13,15,18,24H,6-9H2,(H,21,25)(H,22,23)/t15-,18+. The van der Waals surface area contributed by atoms with Crippen LogP contribution in [0.3, 0.4) is 0 Å². The molecular weight excluding hydrogens is 312 g/mol. The minimum Gasteiger partial charge on any atom is -0.378 e. The van der Waals surface area contributed by atoms with E-state index in [-0.39, 0.29) is 5.56 Å². The number of rotatable bonds is 4. The first-order valence-electron chi connectivity index (χ1n) is 8.83. The summed E-state index contributed by atoms with van der Waals surface area (Å²) < 4.78 is 0. The lowest BCUT2D eigenvalue weighted by molar-refractivity contribution is 0.412. The number of anilines is 1. The average molecular weight is 334 g/mol. The van der Waals surface area contributed by atoms with Crippen molar-refractivity contribution < 1.29 is 0 Å². The average Bonchev–Trinajstić information content (AvgIpc) is 3.20. The van der Waals surface area contributed by atoms with Crippen LogP contribution < -0.4 is 10.9 Å². The van der Waals surface area contributed by atoms with Crippen molar-refractivity contribution in [2.45, 2.75) is 37.6 Å². The second-order valence-electron chi connectivity index (χ2n) is 6.72. The van der Waals surface area contributed by atoms with Gasteiger partial charge in [0.05, 0.1) is 6.20 Å². The molecule has 3 N–H and O–H groups in total. The van der Waals surface area contributed by atoms with Gasteiger partial charge in [0, 0.05) is 29.6 Å². The van der Waals surface area contributed by atoms with Gasteiger partial charge in [0.25, 0.3) is 5.56 Å². The van der Waals surface area contributed by atoms with E-state index < -0.39 is 0 Å². The highest BCUT2D eigenvalue weighted by molar-refractivity contribution is 5.65. The Bertz CT molecular complexity index is 862. The van der Waals surface area contributed by atoms with Gasteiger partial charge in [0.15, 0.2) is 0 Å². The van der Waals surface area contributed by atoms with Gasteiger partial charge in [-0.25, -0.2) is 0 Å². The molecule has 0 unspecified atom stereocenters. The number of aromatic amines is 2. The number of aromatic nitrogens is 3. The largest absolute Gasteiger partial charge is 0.378 e. The second-order valence-corrected chi connectivity index (χ2v) is 6.72. The van der Waals surface area contributed by atoms with Gasteiger partial charge in [-0.1, -0.05) is 30.3 Å². The number of H-pyrrole nitrogens is 2. The van der Waals surface area contributed by atoms with E-state index in [0.717, 1.165) is 36.8 Å². The lowest BCUT2D eigenvalue weighted by Crippen LogP contribution is -2.28. The minimum atomic E-state index is -0.0718. The van der Waals surface area contributed by atoms with Crippen molar-refractivity contribution in [1.82, 2.24) is 15.2 Å². The molecule has 0 amide bonds. The van der Waals surface area contributed by atoms with Crippen LogP contribution in [0.1, 0.15) is 37.2 Å². The van der Waals surface area contributed by atoms with Crippen LogP contribution in [0.5, 0.6) is 0 Å². The first-order chi connectivity index (χ1) is 12.3. The van der Waals surface area contributed by atoms with Crippen LogP contribution in [0.2, 0.25) is 0 Å². The van der Waals surface area contributed by atoms with Gasteiger partial charge in [-0.05, 0) is 43.2 Å². The monoisotopic (exact) mass is 334 g/mol. The molecule has 5 nitrogen and oxygen atoms in total. The number of nitrogens with zero attached hydrogens (tertiary/aromatic N) is 1. The fourth-order valence-electron chi connectivity index (χ4n) is 3.68. The molecule has 1 fully saturated rings. The van der Waals surface area contributed by atoms with Crippen molar-refractivity contribution in [2.24, 2.45) is 0 Å². The highest BCUT2D eigenvalue weighted by Crippen LogP contribution is 2.33. The molecule has 1 aliphatic carbocycles. The summed E-state index contributed by atoms with van der Waals surface area (Å²) >= 11 is 0. The van der Waals surface area contributed by atoms with Crippen LogP contribution in [-0.4, -0.2) is 21.2 Å². The number of benzene rings is 1. The Labute approximate surface area is 146 Å². The van der Waals surface area contributed by atoms with Gasteiger partial charge >= 0.3 is 0 Å². The van der Waals surface area contributed by atoms with E-state index in [4.69, 9.17) is 0 Å². The van der Waals surface area contributed by atoms with Crippen molar-refractivity contribution >= 4 is 5.69 Å². The summed E-state index contributed by atoms with van der Waals surface area (Å²) in [6, 6.07) is 13.0. The molecule has 1 aromatic carbocycles. The van der Waals surface area contributed by atoms with Gasteiger partial charge < -0.3 is 10.3 Å². The molecule has 25 heavy (non-hydrogen) atoms. The smallest absolute Gasteiger partial charge is 0.271 e. The minimum absolute atomic E-state index is 0.0718. The molecule has 5 heteroatoms. The van der Waals surface area contributed by atoms with Crippen LogP contribution in [0.15, 0.2) is 59.8 Å². The summed E-state index contributed by atoms with van der Waals surface area (Å²) in [5, 5.41) is 10.2. The number of hydrogen-bond donors (Lipinski definition) is 3. The molecule has 0 bridgehead atoms. The zero-order valence-corrected chi connectivity index (χ0v) is 14.0. The third kappa shape index (κ3) is 3.50. The molecule has 0 radical (unpaired) electrons. The molecule has 0 saturated heterocycles. The van der Waals surface area contributed by atoms with Crippen molar-refractivity contribution in [1.29, 1.82) is 0 Å². The van der Waals surface area contributed by atoms with E-state index in [2.05, 4.69) is 50.8 Å². The van der Waals surface area contributed by atoms with Gasteiger partial charge in [-0.2, -0.15) is 5.10 Å². The van der Waals surface area contributed by atoms with Crippen molar-refractivity contribution in [3.8, 4) is 11.1 Å². The summed E-state index contributed by atoms with van der Waals surface area (Å²) in [7, 11) is 0. The Hall–Kier alpha value is -2.82. The van der Waals surface area contributed by atoms with Crippen molar-refractivity contribution in [2.75, 3.05) is 5.32 Å². The quantitative estimate of drug-likeness (QED) is 0.677. The summed E-state index contributed by atoms with van der Waals surface area (Å²) in [6.45, 7) is 0. The molecule has 128 valence electrons. The summed E-state index contributed by atoms with van der Waals surface area (Å²) in [6.07, 6.45) is 9.77. The zero-order chi connectivity index (χ0) is 17.1. The maximum Gasteiger partial charge on any atom is 0.271 e. The SMILES string of the molecule is O=c1[nH]cc(-c2cn[nH]c2)cc1N[C@H]1CC[C@@H](c2ccccc2)CC1. The zero-order valence-electron chi connectivity index (χ0n) is 14.0. The van der Waals surface area contributed by atoms with Gasteiger partial charge in [-0.15, -0.1) is 0 Å². The van der Waals surface area contributed by atoms with Crippen LogP contribution in [0, 0.1) is 0 Å². The van der Waals surface area contributed by atoms with E-state index in [1.165, 1.54) is 5.56 Å². The van der Waals surface area contributed by atoms with Crippen LogP contribution in [-0.2, 0) is 0 Å². The van der Waals surface area contributed by atoms with E-state index in [1.807, 2.05) is 12.3 Å². The van der Waals surface area contributed by atoms with E-state index in [9.17, 15) is 4.79 Å². The van der Waals surface area contributed by atoms with Crippen LogP contribution in [0.25, 0.3) is 11.1 Å². The number of nitrogens with one attached hydrogen (secondary N) is 3. The third-order valence-electron chi connectivity index (χ3n) is 5.09. The Morgan fingerprint density at radius 1 is 1.00 bits per heavy atom. The van der Waals surface area contributed by atoms with Crippen molar-refractivity contribution in [3.05, 3.63) is 70.9 Å². The summed E-state index contributed by atoms with van der Waals surface area (Å²) in [4.78, 5) is 15.0. The summed E-state index contributed by atoms with van der Waals surface area (Å²) in [5.41, 5.74) is 3.92. The Balaban J connectivity index is 1.43. The molecule has 0 aliphatic heterocycles. The molecule has 0 spiro atoms. The van der Waals surface area contributed by atoms with Crippen LogP contribution in [0.4, 0.5) is 5.69 Å². The molecule has 2 aromatic heterocycles. The maximum absolute atomic E-state index is 12.2. The lowest BCUT2D eigenvalue weighted by atomic mass is 9.82. The normalized spacial score (nSPS) is 20.3. The molecule has 1 aliphatic rings. The Kier molecular flexibility index (Phi) is 4.37. The van der Waals surface area contributed by atoms with E-state index >= 15 is 0 Å². The molecule has 0 atom stereocenters. The highest BCUT2D eigenvalue weighted by atomic mass is 16.1. The highest BCUT2D eigenvalue weighted by Gasteiger charge is 2.22.